The summed E-state index contributed by atoms with van der Waals surface area (Å²) in [6.07, 6.45) is -5.55. The van der Waals surface area contributed by atoms with E-state index in [4.69, 9.17) is 16.3 Å². The lowest BCUT2D eigenvalue weighted by Crippen LogP contribution is -2.42. The fourth-order valence-corrected chi connectivity index (χ4v) is 2.05. The molecule has 2 aromatic carbocycles. The number of amides is 3. The highest BCUT2D eigenvalue weighted by atomic mass is 35.5. The van der Waals surface area contributed by atoms with Crippen molar-refractivity contribution >= 4 is 29.2 Å². The molecule has 138 valence electrons. The topological polar surface area (TPSA) is 67.4 Å². The number of halogens is 4. The van der Waals surface area contributed by atoms with Crippen LogP contribution in [0.2, 0.25) is 5.02 Å². The van der Waals surface area contributed by atoms with Crippen molar-refractivity contribution in [1.29, 1.82) is 0 Å². The minimum atomic E-state index is -4.54. The Morgan fingerprint density at radius 3 is 2.38 bits per heavy atom. The molecule has 0 spiro atoms. The summed E-state index contributed by atoms with van der Waals surface area (Å²) in [5.74, 6) is -0.389. The largest absolute Gasteiger partial charge is 0.481 e. The van der Waals surface area contributed by atoms with Gasteiger partial charge in [0.1, 0.15) is 5.75 Å². The van der Waals surface area contributed by atoms with Crippen LogP contribution in [0.1, 0.15) is 12.5 Å². The molecule has 2 rings (SSSR count). The van der Waals surface area contributed by atoms with Gasteiger partial charge < -0.3 is 10.1 Å². The van der Waals surface area contributed by atoms with Crippen molar-refractivity contribution < 1.29 is 27.5 Å². The highest BCUT2D eigenvalue weighted by molar-refractivity contribution is 6.30. The van der Waals surface area contributed by atoms with Gasteiger partial charge >= 0.3 is 12.2 Å². The van der Waals surface area contributed by atoms with Gasteiger partial charge in [0.05, 0.1) is 5.56 Å². The summed E-state index contributed by atoms with van der Waals surface area (Å²) in [5, 5.41) is 4.66. The molecule has 0 aliphatic carbocycles. The average molecular weight is 387 g/mol. The summed E-state index contributed by atoms with van der Waals surface area (Å²) < 4.78 is 43.3. The van der Waals surface area contributed by atoms with Gasteiger partial charge in [0, 0.05) is 10.7 Å². The Hall–Kier alpha value is -2.74. The van der Waals surface area contributed by atoms with Crippen molar-refractivity contribution in [2.75, 3.05) is 5.32 Å². The van der Waals surface area contributed by atoms with Crippen molar-refractivity contribution in [2.45, 2.75) is 19.2 Å². The molecule has 0 aromatic heterocycles. The van der Waals surface area contributed by atoms with E-state index in [1.807, 2.05) is 5.32 Å². The molecular weight excluding hydrogens is 373 g/mol. The molecule has 0 bridgehead atoms. The summed E-state index contributed by atoms with van der Waals surface area (Å²) in [4.78, 5) is 23.7. The van der Waals surface area contributed by atoms with Crippen molar-refractivity contribution in [3.05, 3.63) is 59.1 Å². The van der Waals surface area contributed by atoms with Crippen LogP contribution in [0.15, 0.2) is 48.5 Å². The van der Waals surface area contributed by atoms with Crippen LogP contribution in [-0.4, -0.2) is 18.0 Å². The molecule has 0 fully saturated rings. The number of alkyl halides is 3. The Balaban J connectivity index is 1.92. The van der Waals surface area contributed by atoms with Crippen LogP contribution in [-0.2, 0) is 11.0 Å². The van der Waals surface area contributed by atoms with Gasteiger partial charge in [-0.1, -0.05) is 17.7 Å². The van der Waals surface area contributed by atoms with Crippen molar-refractivity contribution in [3.8, 4) is 5.75 Å². The zero-order valence-electron chi connectivity index (χ0n) is 13.4. The Labute approximate surface area is 152 Å². The number of hydrogen-bond acceptors (Lipinski definition) is 3. The first-order valence-corrected chi connectivity index (χ1v) is 7.74. The van der Waals surface area contributed by atoms with Gasteiger partial charge in [-0.3, -0.25) is 10.1 Å². The number of ether oxygens (including phenoxy) is 1. The molecule has 5 nitrogen and oxygen atoms in total. The predicted octanol–water partition coefficient (Wildman–Crippen LogP) is 4.47. The molecule has 2 aromatic rings. The van der Waals surface area contributed by atoms with Crippen LogP contribution < -0.4 is 15.4 Å². The Morgan fingerprint density at radius 1 is 1.12 bits per heavy atom. The van der Waals surface area contributed by atoms with Crippen molar-refractivity contribution in [2.24, 2.45) is 0 Å². The maximum Gasteiger partial charge on any atom is 0.416 e. The number of nitrogens with one attached hydrogen (secondary N) is 2. The number of imide groups is 1. The van der Waals surface area contributed by atoms with Crippen LogP contribution in [0.25, 0.3) is 0 Å². The third kappa shape index (κ3) is 5.66. The van der Waals surface area contributed by atoms with Crippen LogP contribution in [0.5, 0.6) is 5.75 Å². The maximum absolute atomic E-state index is 12.6. The number of benzene rings is 2. The maximum atomic E-state index is 12.6. The third-order valence-electron chi connectivity index (χ3n) is 3.18. The number of anilines is 1. The van der Waals surface area contributed by atoms with Crippen LogP contribution in [0.3, 0.4) is 0 Å². The van der Waals surface area contributed by atoms with Gasteiger partial charge in [0.15, 0.2) is 6.10 Å². The third-order valence-corrected chi connectivity index (χ3v) is 3.43. The first-order valence-electron chi connectivity index (χ1n) is 7.36. The fraction of sp³-hybridized carbons (Fsp3) is 0.176. The van der Waals surface area contributed by atoms with E-state index >= 15 is 0 Å². The molecule has 0 radical (unpaired) electrons. The van der Waals surface area contributed by atoms with E-state index in [2.05, 4.69) is 5.32 Å². The van der Waals surface area contributed by atoms with E-state index in [1.165, 1.54) is 13.0 Å². The normalized spacial score (nSPS) is 12.2. The van der Waals surface area contributed by atoms with Crippen LogP contribution in [0.4, 0.5) is 23.7 Å². The monoisotopic (exact) mass is 386 g/mol. The first kappa shape index (κ1) is 19.6. The van der Waals surface area contributed by atoms with E-state index in [0.29, 0.717) is 10.8 Å². The minimum Gasteiger partial charge on any atom is -0.481 e. The highest BCUT2D eigenvalue weighted by Gasteiger charge is 2.30. The Bertz CT molecular complexity index is 795. The van der Waals surface area contributed by atoms with Crippen molar-refractivity contribution in [3.63, 3.8) is 0 Å². The summed E-state index contributed by atoms with van der Waals surface area (Å²) in [7, 11) is 0. The van der Waals surface area contributed by atoms with Crippen LogP contribution >= 0.6 is 11.6 Å². The summed E-state index contributed by atoms with van der Waals surface area (Å²) in [5.41, 5.74) is -1.02. The summed E-state index contributed by atoms with van der Waals surface area (Å²) in [6.45, 7) is 1.42. The standard InChI is InChI=1S/C17H14ClF3N2O3/c1-10(26-14-7-5-12(18)6-8-14)15(24)23-16(25)22-13-4-2-3-11(9-13)17(19,20)21/h2-10H,1H3,(H2,22,23,24,25). The zero-order valence-corrected chi connectivity index (χ0v) is 14.2. The second-order valence-corrected chi connectivity index (χ2v) is 5.67. The molecule has 9 heteroatoms. The number of rotatable bonds is 4. The first-order chi connectivity index (χ1) is 12.1. The predicted molar refractivity (Wildman–Crippen MR) is 90.1 cm³/mol. The van der Waals surface area contributed by atoms with Crippen LogP contribution in [0, 0.1) is 0 Å². The molecule has 2 N–H and O–H groups in total. The van der Waals surface area contributed by atoms with E-state index in [9.17, 15) is 22.8 Å². The number of hydrogen-bond donors (Lipinski definition) is 2. The molecular formula is C17H14ClF3N2O3. The minimum absolute atomic E-state index is 0.101. The van der Waals surface area contributed by atoms with Gasteiger partial charge in [-0.05, 0) is 49.4 Å². The molecule has 26 heavy (non-hydrogen) atoms. The molecule has 0 saturated carbocycles. The Morgan fingerprint density at radius 2 is 1.77 bits per heavy atom. The number of carbonyl (C=O) groups excluding carboxylic acids is 2. The lowest BCUT2D eigenvalue weighted by Gasteiger charge is -2.15. The SMILES string of the molecule is CC(Oc1ccc(Cl)cc1)C(=O)NC(=O)Nc1cccc(C(F)(F)F)c1. The van der Waals surface area contributed by atoms with E-state index in [1.54, 1.807) is 24.3 Å². The average Bonchev–Trinajstić information content (AvgIpc) is 2.56. The van der Waals surface area contributed by atoms with Crippen molar-refractivity contribution in [1.82, 2.24) is 5.32 Å². The second kappa shape index (κ2) is 8.09. The second-order valence-electron chi connectivity index (χ2n) is 5.24. The molecule has 1 unspecified atom stereocenters. The molecule has 0 saturated heterocycles. The van der Waals surface area contributed by atoms with Gasteiger partial charge in [-0.15, -0.1) is 0 Å². The summed E-state index contributed by atoms with van der Waals surface area (Å²) in [6, 6.07) is 9.32. The number of urea groups is 1. The highest BCUT2D eigenvalue weighted by Crippen LogP contribution is 2.30. The van der Waals surface area contributed by atoms with Gasteiger partial charge in [-0.25, -0.2) is 4.79 Å². The molecule has 1 atom stereocenters. The lowest BCUT2D eigenvalue weighted by atomic mass is 10.2. The quantitative estimate of drug-likeness (QED) is 0.814. The lowest BCUT2D eigenvalue weighted by molar-refractivity contribution is -0.137. The summed E-state index contributed by atoms with van der Waals surface area (Å²) >= 11 is 5.74. The smallest absolute Gasteiger partial charge is 0.416 e. The van der Waals surface area contributed by atoms with E-state index < -0.39 is 29.8 Å². The van der Waals surface area contributed by atoms with Gasteiger partial charge in [-0.2, -0.15) is 13.2 Å². The van der Waals surface area contributed by atoms with E-state index in [-0.39, 0.29) is 5.69 Å². The zero-order chi connectivity index (χ0) is 19.3. The molecule has 0 aliphatic heterocycles. The van der Waals surface area contributed by atoms with Gasteiger partial charge in [0.2, 0.25) is 0 Å². The molecule has 3 amide bonds. The van der Waals surface area contributed by atoms with Gasteiger partial charge in [0.25, 0.3) is 5.91 Å². The molecule has 0 aliphatic rings. The van der Waals surface area contributed by atoms with E-state index in [0.717, 1.165) is 18.2 Å². The number of carbonyl (C=O) groups is 2. The molecule has 0 heterocycles. The Kier molecular flexibility index (Phi) is 6.10. The fourth-order valence-electron chi connectivity index (χ4n) is 1.92.